The minimum atomic E-state index is 0.269. The zero-order valence-electron chi connectivity index (χ0n) is 16.9. The van der Waals surface area contributed by atoms with Crippen LogP contribution in [0.25, 0.3) is 10.6 Å². The Morgan fingerprint density at radius 1 is 1.00 bits per heavy atom. The van der Waals surface area contributed by atoms with Gasteiger partial charge >= 0.3 is 0 Å². The van der Waals surface area contributed by atoms with Crippen molar-refractivity contribution in [2.45, 2.75) is 26.3 Å². The Morgan fingerprint density at radius 3 is 2.45 bits per heavy atom. The first-order chi connectivity index (χ1) is 14.2. The molecule has 2 aromatic carbocycles. The first-order valence-electron chi connectivity index (χ1n) is 10.2. The largest absolute Gasteiger partial charge is 0.340 e. The molecule has 0 bridgehead atoms. The van der Waals surface area contributed by atoms with E-state index in [0.717, 1.165) is 49.8 Å². The number of rotatable bonds is 6. The molecule has 2 heterocycles. The number of aryl methyl sites for hydroxylation is 2. The van der Waals surface area contributed by atoms with E-state index < -0.39 is 0 Å². The van der Waals surface area contributed by atoms with Gasteiger partial charge in [-0.25, -0.2) is 4.98 Å². The van der Waals surface area contributed by atoms with Gasteiger partial charge in [-0.2, -0.15) is 0 Å². The Balaban J connectivity index is 1.23. The Morgan fingerprint density at radius 2 is 1.72 bits per heavy atom. The number of amides is 1. The number of carbonyl (C=O) groups is 1. The maximum atomic E-state index is 12.6. The zero-order valence-corrected chi connectivity index (χ0v) is 17.7. The number of aromatic nitrogens is 1. The standard InChI is InChI=1S/C24H27N3OS/c1-19-7-9-20(10-8-19)11-12-23(28)27-15-13-26(14-16-27)17-22-18-29-24(25-22)21-5-3-2-4-6-21/h2-10,18H,11-17H2,1H3. The minimum absolute atomic E-state index is 0.269. The van der Waals surface area contributed by atoms with Crippen LogP contribution in [0.5, 0.6) is 0 Å². The molecule has 150 valence electrons. The van der Waals surface area contributed by atoms with Crippen molar-refractivity contribution in [1.82, 2.24) is 14.8 Å². The van der Waals surface area contributed by atoms with Crippen molar-refractivity contribution in [2.75, 3.05) is 26.2 Å². The Kier molecular flexibility index (Phi) is 6.37. The second-order valence-electron chi connectivity index (χ2n) is 7.65. The van der Waals surface area contributed by atoms with Crippen LogP contribution in [0.3, 0.4) is 0 Å². The summed E-state index contributed by atoms with van der Waals surface area (Å²) in [7, 11) is 0. The molecular weight excluding hydrogens is 378 g/mol. The van der Waals surface area contributed by atoms with Crippen molar-refractivity contribution in [2.24, 2.45) is 0 Å². The van der Waals surface area contributed by atoms with E-state index in [2.05, 4.69) is 53.6 Å². The van der Waals surface area contributed by atoms with Gasteiger partial charge in [-0.15, -0.1) is 11.3 Å². The molecule has 1 amide bonds. The first kappa shape index (κ1) is 19.8. The summed E-state index contributed by atoms with van der Waals surface area (Å²) in [6.45, 7) is 6.38. The molecule has 29 heavy (non-hydrogen) atoms. The fourth-order valence-electron chi connectivity index (χ4n) is 3.64. The lowest BCUT2D eigenvalue weighted by molar-refractivity contribution is -0.133. The summed E-state index contributed by atoms with van der Waals surface area (Å²) in [6.07, 6.45) is 1.41. The fraction of sp³-hybridized carbons (Fsp3) is 0.333. The third-order valence-electron chi connectivity index (χ3n) is 5.43. The van der Waals surface area contributed by atoms with Crippen LogP contribution in [-0.2, 0) is 17.8 Å². The molecule has 1 aromatic heterocycles. The van der Waals surface area contributed by atoms with E-state index >= 15 is 0 Å². The highest BCUT2D eigenvalue weighted by Crippen LogP contribution is 2.24. The normalized spacial score (nSPS) is 14.9. The lowest BCUT2D eigenvalue weighted by atomic mass is 10.1. The summed E-state index contributed by atoms with van der Waals surface area (Å²) >= 11 is 1.70. The lowest BCUT2D eigenvalue weighted by Gasteiger charge is -2.34. The van der Waals surface area contributed by atoms with Crippen molar-refractivity contribution in [3.8, 4) is 10.6 Å². The smallest absolute Gasteiger partial charge is 0.222 e. The summed E-state index contributed by atoms with van der Waals surface area (Å²) in [6, 6.07) is 18.8. The average molecular weight is 406 g/mol. The third kappa shape index (κ3) is 5.31. The number of hydrogen-bond acceptors (Lipinski definition) is 4. The highest BCUT2D eigenvalue weighted by molar-refractivity contribution is 7.13. The quantitative estimate of drug-likeness (QED) is 0.610. The summed E-state index contributed by atoms with van der Waals surface area (Å²) in [5.74, 6) is 0.269. The van der Waals surface area contributed by atoms with Gasteiger partial charge < -0.3 is 4.90 Å². The van der Waals surface area contributed by atoms with Gasteiger partial charge in [0.2, 0.25) is 5.91 Å². The molecule has 1 saturated heterocycles. The van der Waals surface area contributed by atoms with Crippen molar-refractivity contribution in [3.05, 3.63) is 76.8 Å². The van der Waals surface area contributed by atoms with Crippen LogP contribution < -0.4 is 0 Å². The number of piperazine rings is 1. The Hall–Kier alpha value is -2.50. The molecule has 5 heteroatoms. The van der Waals surface area contributed by atoms with Gasteiger partial charge in [0, 0.05) is 50.1 Å². The molecule has 0 radical (unpaired) electrons. The van der Waals surface area contributed by atoms with Crippen LogP contribution in [-0.4, -0.2) is 46.9 Å². The highest BCUT2D eigenvalue weighted by Gasteiger charge is 2.21. The van der Waals surface area contributed by atoms with E-state index in [-0.39, 0.29) is 5.91 Å². The highest BCUT2D eigenvalue weighted by atomic mass is 32.1. The molecular formula is C24H27N3OS. The van der Waals surface area contributed by atoms with Gasteiger partial charge in [0.15, 0.2) is 0 Å². The molecule has 0 aliphatic carbocycles. The topological polar surface area (TPSA) is 36.4 Å². The summed E-state index contributed by atoms with van der Waals surface area (Å²) in [4.78, 5) is 21.8. The van der Waals surface area contributed by atoms with Gasteiger partial charge in [0.1, 0.15) is 5.01 Å². The van der Waals surface area contributed by atoms with Crippen molar-refractivity contribution in [1.29, 1.82) is 0 Å². The van der Waals surface area contributed by atoms with E-state index in [1.165, 1.54) is 16.7 Å². The number of thiazole rings is 1. The van der Waals surface area contributed by atoms with E-state index in [9.17, 15) is 4.79 Å². The minimum Gasteiger partial charge on any atom is -0.340 e. The van der Waals surface area contributed by atoms with Crippen molar-refractivity contribution < 1.29 is 4.79 Å². The summed E-state index contributed by atoms with van der Waals surface area (Å²) in [5.41, 5.74) is 4.79. The molecule has 4 nitrogen and oxygen atoms in total. The first-order valence-corrected chi connectivity index (χ1v) is 11.1. The Labute approximate surface area is 176 Å². The molecule has 1 aliphatic rings. The summed E-state index contributed by atoms with van der Waals surface area (Å²) < 4.78 is 0. The molecule has 0 N–H and O–H groups in total. The number of nitrogens with zero attached hydrogens (tertiary/aromatic N) is 3. The second kappa shape index (κ2) is 9.33. The second-order valence-corrected chi connectivity index (χ2v) is 8.51. The van der Waals surface area contributed by atoms with Gasteiger partial charge in [0.25, 0.3) is 0 Å². The maximum absolute atomic E-state index is 12.6. The van der Waals surface area contributed by atoms with Gasteiger partial charge in [-0.1, -0.05) is 60.2 Å². The SMILES string of the molecule is Cc1ccc(CCC(=O)N2CCN(Cc3csc(-c4ccccc4)n3)CC2)cc1. The van der Waals surface area contributed by atoms with E-state index in [4.69, 9.17) is 4.98 Å². The maximum Gasteiger partial charge on any atom is 0.222 e. The van der Waals surface area contributed by atoms with Crippen LogP contribution in [0.2, 0.25) is 0 Å². The van der Waals surface area contributed by atoms with E-state index in [0.29, 0.717) is 6.42 Å². The van der Waals surface area contributed by atoms with Crippen molar-refractivity contribution >= 4 is 17.2 Å². The Bertz CT molecular complexity index is 928. The summed E-state index contributed by atoms with van der Waals surface area (Å²) in [5, 5.41) is 3.23. The van der Waals surface area contributed by atoms with Crippen LogP contribution >= 0.6 is 11.3 Å². The van der Waals surface area contributed by atoms with Crippen LogP contribution in [0.1, 0.15) is 23.2 Å². The molecule has 3 aromatic rings. The zero-order chi connectivity index (χ0) is 20.1. The van der Waals surface area contributed by atoms with Crippen LogP contribution in [0.15, 0.2) is 60.0 Å². The van der Waals surface area contributed by atoms with Crippen molar-refractivity contribution in [3.63, 3.8) is 0 Å². The molecule has 1 aliphatic heterocycles. The molecule has 0 saturated carbocycles. The molecule has 0 atom stereocenters. The van der Waals surface area contributed by atoms with Gasteiger partial charge in [0.05, 0.1) is 5.69 Å². The third-order valence-corrected chi connectivity index (χ3v) is 6.37. The number of benzene rings is 2. The monoisotopic (exact) mass is 405 g/mol. The number of carbonyl (C=O) groups excluding carboxylic acids is 1. The average Bonchev–Trinajstić information content (AvgIpc) is 3.23. The predicted octanol–water partition coefficient (Wildman–Crippen LogP) is 4.40. The predicted molar refractivity (Wildman–Crippen MR) is 119 cm³/mol. The molecule has 0 unspecified atom stereocenters. The van der Waals surface area contributed by atoms with Crippen LogP contribution in [0.4, 0.5) is 0 Å². The molecule has 0 spiro atoms. The number of hydrogen-bond donors (Lipinski definition) is 0. The fourth-order valence-corrected chi connectivity index (χ4v) is 4.46. The molecule has 1 fully saturated rings. The molecule has 4 rings (SSSR count). The van der Waals surface area contributed by atoms with Gasteiger partial charge in [-0.05, 0) is 18.9 Å². The van der Waals surface area contributed by atoms with Crippen LogP contribution in [0, 0.1) is 6.92 Å². The van der Waals surface area contributed by atoms with E-state index in [1.54, 1.807) is 11.3 Å². The van der Waals surface area contributed by atoms with Gasteiger partial charge in [-0.3, -0.25) is 9.69 Å². The lowest BCUT2D eigenvalue weighted by Crippen LogP contribution is -2.48. The van der Waals surface area contributed by atoms with E-state index in [1.807, 2.05) is 23.1 Å².